The first-order valence-electron chi connectivity index (χ1n) is 9.80. The van der Waals surface area contributed by atoms with Crippen LogP contribution in [0.1, 0.15) is 50.6 Å². The van der Waals surface area contributed by atoms with Crippen LogP contribution in [0.4, 0.5) is 0 Å². The van der Waals surface area contributed by atoms with Crippen LogP contribution < -0.4 is 10.5 Å². The third-order valence-corrected chi connectivity index (χ3v) is 10.6. The lowest BCUT2D eigenvalue weighted by molar-refractivity contribution is 0.0994. The van der Waals surface area contributed by atoms with E-state index in [1.165, 1.54) is 0 Å². The van der Waals surface area contributed by atoms with Gasteiger partial charge in [0.25, 0.3) is 5.91 Å². The number of primary amides is 1. The minimum absolute atomic E-state index is 0.0307. The van der Waals surface area contributed by atoms with Crippen LogP contribution in [0.15, 0.2) is 41.3 Å². The quantitative estimate of drug-likeness (QED) is 0.501. The highest BCUT2D eigenvalue weighted by molar-refractivity contribution is 9.10. The molecule has 2 unspecified atom stereocenters. The van der Waals surface area contributed by atoms with Gasteiger partial charge in [0.05, 0.1) is 25.1 Å². The average Bonchev–Trinajstić information content (AvgIpc) is 3.07. The molecule has 1 aromatic carbocycles. The molecule has 6 nitrogen and oxygen atoms in total. The molecule has 0 aliphatic heterocycles. The summed E-state index contributed by atoms with van der Waals surface area (Å²) in [5.74, 6) is 0.269. The second kappa shape index (κ2) is 9.45. The number of aromatic nitrogens is 2. The summed E-state index contributed by atoms with van der Waals surface area (Å²) < 4.78 is 15.5. The highest BCUT2D eigenvalue weighted by Gasteiger charge is 2.40. The lowest BCUT2D eigenvalue weighted by Crippen LogP contribution is -2.45. The van der Waals surface area contributed by atoms with Gasteiger partial charge in [0.15, 0.2) is 8.32 Å². The first-order valence-corrected chi connectivity index (χ1v) is 13.5. The van der Waals surface area contributed by atoms with Crippen molar-refractivity contribution < 1.29 is 14.0 Å². The number of amides is 1. The molecule has 160 valence electrons. The second-order valence-corrected chi connectivity index (χ2v) is 14.5. The van der Waals surface area contributed by atoms with Crippen molar-refractivity contribution >= 4 is 30.2 Å². The largest absolute Gasteiger partial charge is 0.493 e. The van der Waals surface area contributed by atoms with Crippen LogP contribution in [0.3, 0.4) is 0 Å². The smallest absolute Gasteiger partial charge is 0.268 e. The lowest BCUT2D eigenvalue weighted by atomic mass is 10.1. The van der Waals surface area contributed by atoms with Gasteiger partial charge in [0, 0.05) is 17.1 Å². The van der Waals surface area contributed by atoms with E-state index in [4.69, 9.17) is 14.9 Å². The van der Waals surface area contributed by atoms with E-state index in [2.05, 4.69) is 61.7 Å². The third-order valence-electron chi connectivity index (χ3n) is 5.54. The van der Waals surface area contributed by atoms with Gasteiger partial charge in [-0.1, -0.05) is 42.8 Å². The number of nitrogens with two attached hydrogens (primary N) is 1. The Hall–Kier alpha value is -1.64. The van der Waals surface area contributed by atoms with Crippen LogP contribution in [0.2, 0.25) is 18.1 Å². The Morgan fingerprint density at radius 1 is 1.34 bits per heavy atom. The van der Waals surface area contributed by atoms with Gasteiger partial charge in [-0.15, -0.1) is 0 Å². The van der Waals surface area contributed by atoms with E-state index in [-0.39, 0.29) is 22.9 Å². The molecule has 0 aliphatic carbocycles. The predicted octanol–water partition coefficient (Wildman–Crippen LogP) is 5.17. The van der Waals surface area contributed by atoms with Crippen molar-refractivity contribution in [3.8, 4) is 5.75 Å². The number of benzene rings is 1. The number of imidazole rings is 1. The molecule has 0 aliphatic rings. The molecule has 8 heteroatoms. The maximum absolute atomic E-state index is 11.5. The number of ether oxygens (including phenoxy) is 1. The first kappa shape index (κ1) is 23.6. The minimum Gasteiger partial charge on any atom is -0.493 e. The molecule has 2 atom stereocenters. The van der Waals surface area contributed by atoms with E-state index in [0.29, 0.717) is 13.0 Å². The molecular weight excluding hydrogens is 450 g/mol. The number of carbonyl (C=O) groups excluding carboxylic acids is 1. The molecule has 2 aromatic rings. The van der Waals surface area contributed by atoms with Gasteiger partial charge < -0.3 is 19.5 Å². The summed E-state index contributed by atoms with van der Waals surface area (Å²) in [7, 11) is -1.96. The summed E-state index contributed by atoms with van der Waals surface area (Å²) in [4.78, 5) is 15.6. The Balaban J connectivity index is 2.17. The van der Waals surface area contributed by atoms with E-state index in [1.807, 2.05) is 28.8 Å². The zero-order chi connectivity index (χ0) is 21.8. The van der Waals surface area contributed by atoms with Crippen molar-refractivity contribution in [3.05, 3.63) is 47.0 Å². The first-order chi connectivity index (χ1) is 13.4. The molecule has 0 radical (unpaired) electrons. The molecule has 0 fully saturated rings. The maximum Gasteiger partial charge on any atom is 0.268 e. The van der Waals surface area contributed by atoms with Gasteiger partial charge in [0.1, 0.15) is 11.4 Å². The molecule has 1 aromatic heterocycles. The predicted molar refractivity (Wildman–Crippen MR) is 122 cm³/mol. The zero-order valence-electron chi connectivity index (χ0n) is 18.1. The molecule has 1 amide bonds. The Morgan fingerprint density at radius 2 is 2.03 bits per heavy atom. The van der Waals surface area contributed by atoms with Crippen molar-refractivity contribution in [2.24, 2.45) is 5.73 Å². The fraction of sp³-hybridized carbons (Fsp3) is 0.524. The van der Waals surface area contributed by atoms with Crippen LogP contribution in [-0.4, -0.2) is 36.5 Å². The van der Waals surface area contributed by atoms with Crippen molar-refractivity contribution in [2.75, 3.05) is 6.61 Å². The van der Waals surface area contributed by atoms with Crippen molar-refractivity contribution in [3.63, 3.8) is 0 Å². The summed E-state index contributed by atoms with van der Waals surface area (Å²) in [6, 6.07) is 7.73. The average molecular weight is 482 g/mol. The van der Waals surface area contributed by atoms with Gasteiger partial charge in [0.2, 0.25) is 0 Å². The summed E-state index contributed by atoms with van der Waals surface area (Å²) in [5.41, 5.74) is 5.64. The number of nitrogens with zero attached hydrogens (tertiary/aromatic N) is 2. The van der Waals surface area contributed by atoms with Crippen LogP contribution >= 0.6 is 15.9 Å². The molecule has 2 rings (SSSR count). The van der Waals surface area contributed by atoms with Crippen molar-refractivity contribution in [1.82, 2.24) is 9.55 Å². The van der Waals surface area contributed by atoms with Gasteiger partial charge in [-0.3, -0.25) is 4.79 Å². The summed E-state index contributed by atoms with van der Waals surface area (Å²) in [6.45, 7) is 13.7. The van der Waals surface area contributed by atoms with Gasteiger partial charge in [-0.25, -0.2) is 4.98 Å². The van der Waals surface area contributed by atoms with E-state index in [0.717, 1.165) is 10.2 Å². The van der Waals surface area contributed by atoms with E-state index in [1.54, 1.807) is 12.5 Å². The molecule has 0 bridgehead atoms. The standard InChI is InChI=1S/C21H32BrN3O3Si/c1-15(28-29(5,6)21(2,3)4)19(25-13-18(20(23)26)24-14-25)10-11-27-17-9-7-8-16(22)12-17/h7-9,12-15,19H,10-11H2,1-6H3,(H2,23,26). The molecule has 0 saturated heterocycles. The summed E-state index contributed by atoms with van der Waals surface area (Å²) in [5, 5.41) is 0.103. The number of carbonyl (C=O) groups is 1. The topological polar surface area (TPSA) is 79.4 Å². The highest BCUT2D eigenvalue weighted by atomic mass is 79.9. The zero-order valence-corrected chi connectivity index (χ0v) is 20.7. The van der Waals surface area contributed by atoms with E-state index < -0.39 is 14.2 Å². The number of hydrogen-bond acceptors (Lipinski definition) is 4. The fourth-order valence-corrected chi connectivity index (χ4v) is 4.66. The van der Waals surface area contributed by atoms with Crippen LogP contribution in [0.5, 0.6) is 5.75 Å². The molecule has 2 N–H and O–H groups in total. The van der Waals surface area contributed by atoms with Crippen LogP contribution in [-0.2, 0) is 4.43 Å². The van der Waals surface area contributed by atoms with E-state index >= 15 is 0 Å². The molecule has 1 heterocycles. The number of hydrogen-bond donors (Lipinski definition) is 1. The lowest BCUT2D eigenvalue weighted by Gasteiger charge is -2.40. The normalized spacial score (nSPS) is 14.4. The van der Waals surface area contributed by atoms with Crippen LogP contribution in [0.25, 0.3) is 0 Å². The molecule has 0 saturated carbocycles. The minimum atomic E-state index is -1.96. The Morgan fingerprint density at radius 3 is 2.59 bits per heavy atom. The fourth-order valence-electron chi connectivity index (χ4n) is 2.85. The highest BCUT2D eigenvalue weighted by Crippen LogP contribution is 2.38. The number of halogens is 1. The third kappa shape index (κ3) is 6.42. The Labute approximate surface area is 183 Å². The number of rotatable bonds is 9. The SMILES string of the molecule is CC(O[Si](C)(C)C(C)(C)C)C(CCOc1cccc(Br)c1)n1cnc(C(N)=O)c1. The Bertz CT molecular complexity index is 833. The van der Waals surface area contributed by atoms with Gasteiger partial charge in [-0.05, 0) is 43.3 Å². The maximum atomic E-state index is 11.5. The second-order valence-electron chi connectivity index (χ2n) is 8.82. The van der Waals surface area contributed by atoms with Crippen molar-refractivity contribution in [2.45, 2.75) is 64.4 Å². The van der Waals surface area contributed by atoms with E-state index in [9.17, 15) is 4.79 Å². The molecule has 0 spiro atoms. The molecule has 29 heavy (non-hydrogen) atoms. The molecular formula is C21H32BrN3O3Si. The monoisotopic (exact) mass is 481 g/mol. The van der Waals surface area contributed by atoms with Gasteiger partial charge >= 0.3 is 0 Å². The van der Waals surface area contributed by atoms with Gasteiger partial charge in [-0.2, -0.15) is 0 Å². The summed E-state index contributed by atoms with van der Waals surface area (Å²) >= 11 is 3.46. The van der Waals surface area contributed by atoms with Crippen molar-refractivity contribution in [1.29, 1.82) is 0 Å². The summed E-state index contributed by atoms with van der Waals surface area (Å²) in [6.07, 6.45) is 3.97. The van der Waals surface area contributed by atoms with Crippen LogP contribution in [0, 0.1) is 0 Å². The Kier molecular flexibility index (Phi) is 7.70.